The Balaban J connectivity index is 2.05. The van der Waals surface area contributed by atoms with Gasteiger partial charge in [-0.1, -0.05) is 13.3 Å². The molecule has 2 aromatic carbocycles. The molecule has 0 saturated heterocycles. The smallest absolute Gasteiger partial charge is 0.261 e. The Morgan fingerprint density at radius 3 is 2.27 bits per heavy atom. The second-order valence-electron chi connectivity index (χ2n) is 4.79. The van der Waals surface area contributed by atoms with Gasteiger partial charge >= 0.3 is 0 Å². The summed E-state index contributed by atoms with van der Waals surface area (Å²) in [5.74, 6) is 0.214. The maximum absolute atomic E-state index is 12.8. The average Bonchev–Trinajstić information content (AvgIpc) is 2.49. The van der Waals surface area contributed by atoms with Gasteiger partial charge in [-0.05, 0) is 55.0 Å². The zero-order valence-electron chi connectivity index (χ0n) is 12.3. The zero-order valence-corrected chi connectivity index (χ0v) is 13.1. The summed E-state index contributed by atoms with van der Waals surface area (Å²) in [7, 11) is -3.72. The molecule has 0 heterocycles. The summed E-state index contributed by atoms with van der Waals surface area (Å²) in [6, 6.07) is 11.3. The van der Waals surface area contributed by atoms with Gasteiger partial charge in [-0.2, -0.15) is 0 Å². The lowest BCUT2D eigenvalue weighted by atomic mass is 10.3. The highest BCUT2D eigenvalue weighted by Gasteiger charge is 2.14. The van der Waals surface area contributed by atoms with Crippen LogP contribution in [0.5, 0.6) is 5.75 Å². The lowest BCUT2D eigenvalue weighted by Crippen LogP contribution is -2.12. The Bertz CT molecular complexity index is 697. The molecule has 0 bridgehead atoms. The lowest BCUT2D eigenvalue weighted by Gasteiger charge is -2.09. The molecule has 2 aromatic rings. The highest BCUT2D eigenvalue weighted by atomic mass is 32.2. The normalized spacial score (nSPS) is 11.2. The second-order valence-corrected chi connectivity index (χ2v) is 6.47. The van der Waals surface area contributed by atoms with E-state index < -0.39 is 15.8 Å². The Kier molecular flexibility index (Phi) is 5.38. The van der Waals surface area contributed by atoms with Crippen LogP contribution in [-0.2, 0) is 10.0 Å². The average molecular weight is 323 g/mol. The largest absolute Gasteiger partial charge is 0.494 e. The molecule has 0 unspecified atom stereocenters. The van der Waals surface area contributed by atoms with E-state index in [1.165, 1.54) is 12.1 Å². The number of halogens is 1. The Morgan fingerprint density at radius 2 is 1.68 bits per heavy atom. The maximum atomic E-state index is 12.8. The minimum absolute atomic E-state index is 0.0113. The van der Waals surface area contributed by atoms with Crippen LogP contribution in [0.4, 0.5) is 10.1 Å². The van der Waals surface area contributed by atoms with Crippen molar-refractivity contribution in [2.24, 2.45) is 0 Å². The van der Waals surface area contributed by atoms with Crippen LogP contribution in [0.25, 0.3) is 0 Å². The summed E-state index contributed by atoms with van der Waals surface area (Å²) in [5.41, 5.74) is 0.423. The molecule has 2 rings (SSSR count). The number of rotatable bonds is 7. The number of hydrogen-bond acceptors (Lipinski definition) is 3. The number of sulfonamides is 1. The van der Waals surface area contributed by atoms with Crippen LogP contribution in [0.3, 0.4) is 0 Å². The molecule has 4 nitrogen and oxygen atoms in total. The second kappa shape index (κ2) is 7.26. The lowest BCUT2D eigenvalue weighted by molar-refractivity contribution is 0.309. The number of unbranched alkanes of at least 4 members (excludes halogenated alkanes) is 1. The van der Waals surface area contributed by atoms with E-state index in [1.54, 1.807) is 24.3 Å². The van der Waals surface area contributed by atoms with Gasteiger partial charge in [0.05, 0.1) is 11.5 Å². The van der Waals surface area contributed by atoms with Gasteiger partial charge in [-0.3, -0.25) is 4.72 Å². The molecule has 0 aliphatic rings. The molecule has 0 saturated carbocycles. The van der Waals surface area contributed by atoms with Crippen molar-refractivity contribution in [1.82, 2.24) is 0 Å². The van der Waals surface area contributed by atoms with Crippen molar-refractivity contribution in [2.45, 2.75) is 24.7 Å². The van der Waals surface area contributed by atoms with Crippen molar-refractivity contribution in [3.05, 3.63) is 54.3 Å². The molecule has 1 N–H and O–H groups in total. The summed E-state index contributed by atoms with van der Waals surface area (Å²) in [6.07, 6.45) is 2.02. The third-order valence-corrected chi connectivity index (χ3v) is 4.39. The van der Waals surface area contributed by atoms with Crippen molar-refractivity contribution in [1.29, 1.82) is 0 Å². The van der Waals surface area contributed by atoms with E-state index in [0.717, 1.165) is 25.0 Å². The van der Waals surface area contributed by atoms with E-state index in [4.69, 9.17) is 4.74 Å². The Morgan fingerprint density at radius 1 is 1.05 bits per heavy atom. The van der Waals surface area contributed by atoms with Crippen molar-refractivity contribution < 1.29 is 17.5 Å². The first kappa shape index (κ1) is 16.3. The molecule has 0 aliphatic heterocycles. The first-order valence-corrected chi connectivity index (χ1v) is 8.51. The van der Waals surface area contributed by atoms with Crippen molar-refractivity contribution in [2.75, 3.05) is 11.3 Å². The van der Waals surface area contributed by atoms with Gasteiger partial charge in [0.15, 0.2) is 0 Å². The first-order valence-electron chi connectivity index (χ1n) is 7.02. The molecule has 0 radical (unpaired) electrons. The van der Waals surface area contributed by atoms with Gasteiger partial charge in [0.2, 0.25) is 0 Å². The molecule has 0 fully saturated rings. The zero-order chi connectivity index (χ0) is 16.0. The highest BCUT2D eigenvalue weighted by molar-refractivity contribution is 7.92. The summed E-state index contributed by atoms with van der Waals surface area (Å²) >= 11 is 0. The number of nitrogens with one attached hydrogen (secondary N) is 1. The molecule has 6 heteroatoms. The fraction of sp³-hybridized carbons (Fsp3) is 0.250. The third kappa shape index (κ3) is 4.46. The third-order valence-electron chi connectivity index (χ3n) is 3.00. The highest BCUT2D eigenvalue weighted by Crippen LogP contribution is 2.20. The van der Waals surface area contributed by atoms with E-state index in [9.17, 15) is 12.8 Å². The topological polar surface area (TPSA) is 55.4 Å². The van der Waals surface area contributed by atoms with Crippen LogP contribution < -0.4 is 9.46 Å². The van der Waals surface area contributed by atoms with Gasteiger partial charge in [0.1, 0.15) is 11.6 Å². The summed E-state index contributed by atoms with van der Waals surface area (Å²) < 4.78 is 45.1. The van der Waals surface area contributed by atoms with E-state index in [2.05, 4.69) is 11.6 Å². The van der Waals surface area contributed by atoms with Crippen LogP contribution in [-0.4, -0.2) is 15.0 Å². The Hall–Kier alpha value is -2.08. The molecule has 22 heavy (non-hydrogen) atoms. The molecular weight excluding hydrogens is 305 g/mol. The predicted molar refractivity (Wildman–Crippen MR) is 84.1 cm³/mol. The standard InChI is InChI=1S/C16H18FNO3S/c1-2-3-12-21-15-8-6-14(7-9-15)18-22(19,20)16-10-4-13(17)5-11-16/h4-11,18H,2-3,12H2,1H3. The van der Waals surface area contributed by atoms with Crippen LogP contribution in [0.2, 0.25) is 0 Å². The molecule has 0 aromatic heterocycles. The van der Waals surface area contributed by atoms with E-state index in [-0.39, 0.29) is 4.90 Å². The number of anilines is 1. The minimum atomic E-state index is -3.72. The summed E-state index contributed by atoms with van der Waals surface area (Å²) in [4.78, 5) is 0.0113. The molecule has 0 atom stereocenters. The van der Waals surface area contributed by atoms with Crippen LogP contribution in [0.15, 0.2) is 53.4 Å². The molecule has 0 aliphatic carbocycles. The molecule has 0 spiro atoms. The fourth-order valence-electron chi connectivity index (χ4n) is 1.78. The molecule has 0 amide bonds. The van der Waals surface area contributed by atoms with E-state index >= 15 is 0 Å². The maximum Gasteiger partial charge on any atom is 0.261 e. The summed E-state index contributed by atoms with van der Waals surface area (Å²) in [5, 5.41) is 0. The Labute approximate surface area is 130 Å². The van der Waals surface area contributed by atoms with E-state index in [1.807, 2.05) is 0 Å². The monoisotopic (exact) mass is 323 g/mol. The first-order chi connectivity index (χ1) is 10.5. The van der Waals surface area contributed by atoms with Crippen molar-refractivity contribution in [3.63, 3.8) is 0 Å². The summed E-state index contributed by atoms with van der Waals surface area (Å²) in [6.45, 7) is 2.72. The number of ether oxygens (including phenoxy) is 1. The molecule has 118 valence electrons. The van der Waals surface area contributed by atoms with Gasteiger partial charge in [0.25, 0.3) is 10.0 Å². The van der Waals surface area contributed by atoms with Gasteiger partial charge in [0, 0.05) is 5.69 Å². The quantitative estimate of drug-likeness (QED) is 0.788. The van der Waals surface area contributed by atoms with Crippen LogP contribution >= 0.6 is 0 Å². The van der Waals surface area contributed by atoms with Crippen LogP contribution in [0, 0.1) is 5.82 Å². The van der Waals surface area contributed by atoms with Gasteiger partial charge in [-0.15, -0.1) is 0 Å². The van der Waals surface area contributed by atoms with Crippen molar-refractivity contribution >= 4 is 15.7 Å². The minimum Gasteiger partial charge on any atom is -0.494 e. The number of benzene rings is 2. The van der Waals surface area contributed by atoms with Gasteiger partial charge in [-0.25, -0.2) is 12.8 Å². The van der Waals surface area contributed by atoms with Crippen LogP contribution in [0.1, 0.15) is 19.8 Å². The SMILES string of the molecule is CCCCOc1ccc(NS(=O)(=O)c2ccc(F)cc2)cc1. The molecular formula is C16H18FNO3S. The van der Waals surface area contributed by atoms with Crippen molar-refractivity contribution in [3.8, 4) is 5.75 Å². The fourth-order valence-corrected chi connectivity index (χ4v) is 2.84. The van der Waals surface area contributed by atoms with E-state index in [0.29, 0.717) is 18.0 Å². The predicted octanol–water partition coefficient (Wildman–Crippen LogP) is 3.81. The number of hydrogen-bond donors (Lipinski definition) is 1. The van der Waals surface area contributed by atoms with Gasteiger partial charge < -0.3 is 4.74 Å².